The van der Waals surface area contributed by atoms with Crippen LogP contribution >= 0.6 is 0 Å². The fraction of sp³-hybridized carbons (Fsp3) is 0.373. The van der Waals surface area contributed by atoms with Gasteiger partial charge in [-0.05, 0) is 222 Å². The third-order valence-corrected chi connectivity index (χ3v) is 22.4. The molecule has 0 aliphatic carbocycles. The normalized spacial score (nSPS) is 12.9. The number of hydrogen-bond acceptors (Lipinski definition) is 8. The number of hydrogen-bond donors (Lipinski definition) is 0. The number of benzene rings is 4. The van der Waals surface area contributed by atoms with E-state index in [0.29, 0.717) is 70.9 Å². The number of aromatic nitrogens is 8. The first-order chi connectivity index (χ1) is 56.7. The molecule has 0 spiro atoms. The van der Waals surface area contributed by atoms with Gasteiger partial charge in [0.25, 0.3) is 0 Å². The number of pyridine rings is 8. The van der Waals surface area contributed by atoms with Crippen LogP contribution in [0.3, 0.4) is 0 Å². The first-order valence-electron chi connectivity index (χ1n) is 44.1. The van der Waals surface area contributed by atoms with E-state index < -0.39 is 13.7 Å². The summed E-state index contributed by atoms with van der Waals surface area (Å²) in [6.07, 6.45) is 13.3. The van der Waals surface area contributed by atoms with E-state index in [9.17, 15) is 0 Å². The second-order valence-corrected chi connectivity index (χ2v) is 34.2. The van der Waals surface area contributed by atoms with Crippen molar-refractivity contribution in [1.29, 1.82) is 0 Å². The average molecular weight is 1530 g/mol. The maximum absolute atomic E-state index is 8.02. The lowest BCUT2D eigenvalue weighted by Crippen LogP contribution is -2.32. The summed E-state index contributed by atoms with van der Waals surface area (Å²) in [6, 6.07) is 42.6. The van der Waals surface area contributed by atoms with Gasteiger partial charge in [-0.15, -0.1) is 0 Å². The molecule has 0 N–H and O–H groups in total. The summed E-state index contributed by atoms with van der Waals surface area (Å²) >= 11 is 0. The van der Waals surface area contributed by atoms with Crippen molar-refractivity contribution in [2.45, 2.75) is 203 Å². The van der Waals surface area contributed by atoms with Crippen LogP contribution in [0.25, 0.3) is 133 Å². The highest BCUT2D eigenvalue weighted by molar-refractivity contribution is 6.12. The highest BCUT2D eigenvalue weighted by Gasteiger charge is 2.29. The van der Waals surface area contributed by atoms with E-state index in [1.54, 1.807) is 12.4 Å². The number of nitrogens with zero attached hydrogens (tertiary/aromatic N) is 8. The third kappa shape index (κ3) is 16.4. The second-order valence-electron chi connectivity index (χ2n) is 34.2. The number of rotatable bonds is 16. The Bertz CT molecular complexity index is 6590. The van der Waals surface area contributed by atoms with Crippen LogP contribution in [-0.2, 0) is 66.7 Å². The smallest absolute Gasteiger partial charge is 0.227 e. The Morgan fingerprint density at radius 3 is 0.781 bits per heavy atom. The largest absolute Gasteiger partial charge is 0.437 e. The molecule has 0 aliphatic heterocycles. The van der Waals surface area contributed by atoms with Crippen molar-refractivity contribution in [3.05, 3.63) is 236 Å². The van der Waals surface area contributed by atoms with E-state index in [4.69, 9.17) is 40.8 Å². The highest BCUT2D eigenvalue weighted by Crippen LogP contribution is 2.43. The molecule has 0 fully saturated rings. The first kappa shape index (κ1) is 73.5. The zero-order valence-electron chi connectivity index (χ0n) is 77.8. The molecule has 0 radical (unpaired) electrons. The summed E-state index contributed by atoms with van der Waals surface area (Å²) in [6.45, 7) is 38.8. The maximum Gasteiger partial charge on any atom is 0.227 e. The van der Waals surface area contributed by atoms with Crippen LogP contribution in [0.5, 0.6) is 0 Å². The Morgan fingerprint density at radius 2 is 0.535 bits per heavy atom. The molecule has 0 unspecified atom stereocenters. The van der Waals surface area contributed by atoms with Crippen LogP contribution in [-0.4, -0.2) is 19.9 Å². The van der Waals surface area contributed by atoms with Crippen molar-refractivity contribution in [2.75, 3.05) is 0 Å². The minimum Gasteiger partial charge on any atom is -0.437 e. The molecule has 16 aromatic rings. The molecule has 12 nitrogen and oxygen atoms in total. The topological polar surface area (TPSA) is 120 Å². The lowest BCUT2D eigenvalue weighted by molar-refractivity contribution is -0.660. The SMILES string of the molecule is CCc1ccc2c(n1)oc1c(-c3cc(CC(C)C)c(C)c[n+]3C)c(C)ccc12.Cc1c[n+](C)c(-c2c(C)ccc3c2oc2nc(C(C)C)ccc23)cc1CC(C)C.[2H]C([2H])([2H])c1c[n+](C)c(-c2c(C)ccc3c2oc2nc(C(C)C)ccc23)cc1CC(C)C.[2H]C([2H])([2H])c1c[n+](C)c(-c2c(C)ccc3c2oc2nc(CC)ccc23)cc1CC(C)C. The average Bonchev–Trinajstić information content (AvgIpc) is 1.53. The molecule has 0 saturated carbocycles. The van der Waals surface area contributed by atoms with Gasteiger partial charge in [0.15, 0.2) is 47.1 Å². The Kier molecular flexibility index (Phi) is 21.5. The molecule has 16 rings (SSSR count). The molecule has 12 aromatic heterocycles. The fourth-order valence-corrected chi connectivity index (χ4v) is 16.3. The van der Waals surface area contributed by atoms with Gasteiger partial charge in [-0.2, -0.15) is 0 Å². The van der Waals surface area contributed by atoms with Gasteiger partial charge in [0, 0.05) is 121 Å². The van der Waals surface area contributed by atoms with Crippen molar-refractivity contribution in [1.82, 2.24) is 19.9 Å². The van der Waals surface area contributed by atoms with E-state index in [0.717, 1.165) is 170 Å². The lowest BCUT2D eigenvalue weighted by atomic mass is 9.95. The van der Waals surface area contributed by atoms with Gasteiger partial charge in [-0.3, -0.25) is 0 Å². The molecule has 12 heterocycles. The molecule has 0 aliphatic rings. The second kappa shape index (κ2) is 33.4. The first-order valence-corrected chi connectivity index (χ1v) is 41.1. The molecular formula is C102H120N8O4+4. The number of fused-ring (bicyclic) bond motifs is 12. The molecule has 0 saturated heterocycles. The van der Waals surface area contributed by atoms with E-state index in [1.807, 2.05) is 41.4 Å². The monoisotopic (exact) mass is 1530 g/mol. The van der Waals surface area contributed by atoms with E-state index in [2.05, 4.69) is 282 Å². The van der Waals surface area contributed by atoms with Crippen LogP contribution in [0.4, 0.5) is 0 Å². The van der Waals surface area contributed by atoms with Crippen LogP contribution in [0.2, 0.25) is 0 Å². The zero-order chi connectivity index (χ0) is 86.7. The van der Waals surface area contributed by atoms with Gasteiger partial charge in [0.2, 0.25) is 45.6 Å². The molecule has 12 heteroatoms. The van der Waals surface area contributed by atoms with Gasteiger partial charge < -0.3 is 17.7 Å². The third-order valence-electron chi connectivity index (χ3n) is 22.4. The molecular weight excluding hydrogens is 1400 g/mol. The Hall–Kier alpha value is -10.7. The van der Waals surface area contributed by atoms with Crippen LogP contribution in [0, 0.1) is 78.9 Å². The molecule has 0 atom stereocenters. The maximum atomic E-state index is 8.02. The standard InChI is InChI=1S/2C26H31N2O.2C25H29N2O/c2*1-15(2)12-19-13-23(28(7)14-18(19)6)24-17(5)8-9-20-21-10-11-22(16(3)4)27-26(21)29-25(20)24;2*1-7-19-9-11-21-20-10-8-16(4)23(24(20)28-25(21)26-19)22-13-18(12-15(2)3)17(5)14-27(22)6/h2*8-11,13-16H,12H2,1-7H3;2*8-11,13-15H,7,12H2,1-6H3/q4*+1/i6D3;;5D3;. The number of furan rings is 4. The molecule has 0 amide bonds. The van der Waals surface area contributed by atoms with E-state index in [1.165, 1.54) is 55.9 Å². The molecule has 4 aromatic carbocycles. The summed E-state index contributed by atoms with van der Waals surface area (Å²) in [7, 11) is 8.05. The Morgan fingerprint density at radius 1 is 0.298 bits per heavy atom. The summed E-state index contributed by atoms with van der Waals surface area (Å²) in [4.78, 5) is 18.9. The quantitative estimate of drug-likeness (QED) is 0.0878. The summed E-state index contributed by atoms with van der Waals surface area (Å²) in [5, 5.41) is 8.48. The Balaban J connectivity index is 0.000000138. The van der Waals surface area contributed by atoms with Crippen molar-refractivity contribution in [3.8, 4) is 45.0 Å². The van der Waals surface area contributed by atoms with Crippen molar-refractivity contribution in [3.63, 3.8) is 0 Å². The number of aryl methyl sites for hydroxylation is 14. The predicted octanol–water partition coefficient (Wildman–Crippen LogP) is 24.5. The van der Waals surface area contributed by atoms with Crippen LogP contribution < -0.4 is 18.3 Å². The van der Waals surface area contributed by atoms with Crippen LogP contribution in [0.1, 0.15) is 207 Å². The summed E-state index contributed by atoms with van der Waals surface area (Å²) in [5.41, 5.74) is 31.5. The van der Waals surface area contributed by atoms with Gasteiger partial charge in [0.05, 0.1) is 22.3 Å². The summed E-state index contributed by atoms with van der Waals surface area (Å²) in [5.74, 6) is 2.63. The molecule has 0 bridgehead atoms. The van der Waals surface area contributed by atoms with Crippen LogP contribution in [0.15, 0.2) is 164 Å². The Labute approximate surface area is 683 Å². The zero-order valence-corrected chi connectivity index (χ0v) is 71.8. The molecule has 114 heavy (non-hydrogen) atoms. The van der Waals surface area contributed by atoms with Gasteiger partial charge >= 0.3 is 0 Å². The minimum absolute atomic E-state index is 0.317. The van der Waals surface area contributed by atoms with E-state index in [-0.39, 0.29) is 0 Å². The summed E-state index contributed by atoms with van der Waals surface area (Å²) < 4.78 is 81.7. The minimum atomic E-state index is -2.15. The van der Waals surface area contributed by atoms with Gasteiger partial charge in [-0.25, -0.2) is 38.2 Å². The molecule has 588 valence electrons. The van der Waals surface area contributed by atoms with Crippen molar-refractivity contribution >= 4 is 88.3 Å². The van der Waals surface area contributed by atoms with Gasteiger partial charge in [-0.1, -0.05) is 145 Å². The van der Waals surface area contributed by atoms with E-state index >= 15 is 0 Å². The predicted molar refractivity (Wildman–Crippen MR) is 472 cm³/mol. The van der Waals surface area contributed by atoms with Gasteiger partial charge in [0.1, 0.15) is 28.2 Å². The van der Waals surface area contributed by atoms with Crippen molar-refractivity contribution < 1.29 is 44.2 Å². The fourth-order valence-electron chi connectivity index (χ4n) is 16.3. The van der Waals surface area contributed by atoms with Crippen molar-refractivity contribution in [2.24, 2.45) is 51.9 Å². The lowest BCUT2D eigenvalue weighted by Gasteiger charge is -2.11. The highest BCUT2D eigenvalue weighted by atomic mass is 16.4.